The molecular formula is C19H17F2N3O3S. The molecule has 0 spiro atoms. The molecule has 0 amide bonds. The van der Waals surface area contributed by atoms with Gasteiger partial charge in [-0.25, -0.2) is 22.2 Å². The van der Waals surface area contributed by atoms with E-state index < -0.39 is 26.6 Å². The highest BCUT2D eigenvalue weighted by Crippen LogP contribution is 2.27. The zero-order valence-electron chi connectivity index (χ0n) is 14.8. The summed E-state index contributed by atoms with van der Waals surface area (Å²) in [5, 5.41) is 0.510. The Morgan fingerprint density at radius 1 is 1.00 bits per heavy atom. The van der Waals surface area contributed by atoms with Crippen LogP contribution >= 0.6 is 0 Å². The van der Waals surface area contributed by atoms with Gasteiger partial charge in [-0.05, 0) is 37.1 Å². The minimum atomic E-state index is -4.01. The molecule has 2 heterocycles. The van der Waals surface area contributed by atoms with Gasteiger partial charge in [-0.1, -0.05) is 12.1 Å². The predicted octanol–water partition coefficient (Wildman–Crippen LogP) is 2.70. The minimum Gasteiger partial charge on any atom is -0.296 e. The third kappa shape index (κ3) is 3.31. The van der Waals surface area contributed by atoms with Crippen molar-refractivity contribution < 1.29 is 17.2 Å². The van der Waals surface area contributed by atoms with Gasteiger partial charge in [0, 0.05) is 25.2 Å². The molecule has 0 radical (unpaired) electrons. The molecule has 0 unspecified atom stereocenters. The first-order chi connectivity index (χ1) is 13.4. The van der Waals surface area contributed by atoms with Crippen LogP contribution in [0.25, 0.3) is 10.9 Å². The van der Waals surface area contributed by atoms with Crippen molar-refractivity contribution in [2.45, 2.75) is 23.8 Å². The van der Waals surface area contributed by atoms with Crippen LogP contribution in [0.1, 0.15) is 18.9 Å². The molecule has 1 fully saturated rings. The average molecular weight is 405 g/mol. The van der Waals surface area contributed by atoms with E-state index >= 15 is 0 Å². The van der Waals surface area contributed by atoms with Crippen LogP contribution in [-0.4, -0.2) is 35.4 Å². The van der Waals surface area contributed by atoms with Crippen molar-refractivity contribution in [3.05, 3.63) is 70.8 Å². The summed E-state index contributed by atoms with van der Waals surface area (Å²) in [7, 11) is -4.01. The van der Waals surface area contributed by atoms with E-state index in [1.54, 1.807) is 24.3 Å². The molecule has 1 aromatic heterocycles. The minimum absolute atomic E-state index is 0.143. The largest absolute Gasteiger partial charge is 0.296 e. The standard InChI is InChI=1S/C19H17F2N3O3S/c20-13-9-14(21)11-16(10-13)28(26,27)23-7-5-15(6-8-23)24-12-22-18-4-2-1-3-17(18)19(24)25/h1-4,9-12,15H,5-8H2. The topological polar surface area (TPSA) is 72.3 Å². The fraction of sp³-hybridized carbons (Fsp3) is 0.263. The fourth-order valence-corrected chi connectivity index (χ4v) is 5.04. The molecule has 6 nitrogen and oxygen atoms in total. The number of benzene rings is 2. The van der Waals surface area contributed by atoms with Crippen LogP contribution in [0.4, 0.5) is 8.78 Å². The lowest BCUT2D eigenvalue weighted by atomic mass is 10.1. The van der Waals surface area contributed by atoms with Crippen molar-refractivity contribution in [2.24, 2.45) is 0 Å². The van der Waals surface area contributed by atoms with Crippen molar-refractivity contribution in [3.63, 3.8) is 0 Å². The Morgan fingerprint density at radius 2 is 1.64 bits per heavy atom. The lowest BCUT2D eigenvalue weighted by molar-refractivity contribution is 0.269. The summed E-state index contributed by atoms with van der Waals surface area (Å²) < 4.78 is 54.9. The number of para-hydroxylation sites is 1. The van der Waals surface area contributed by atoms with Gasteiger partial charge >= 0.3 is 0 Å². The van der Waals surface area contributed by atoms with Crippen LogP contribution < -0.4 is 5.56 Å². The smallest absolute Gasteiger partial charge is 0.261 e. The summed E-state index contributed by atoms with van der Waals surface area (Å²) in [5.74, 6) is -1.88. The molecule has 0 N–H and O–H groups in total. The van der Waals surface area contributed by atoms with Gasteiger partial charge in [0.1, 0.15) is 11.6 Å². The van der Waals surface area contributed by atoms with Crippen molar-refractivity contribution in [1.82, 2.24) is 13.9 Å². The van der Waals surface area contributed by atoms with Crippen molar-refractivity contribution in [1.29, 1.82) is 0 Å². The summed E-state index contributed by atoms with van der Waals surface area (Å²) in [4.78, 5) is 16.6. The lowest BCUT2D eigenvalue weighted by Crippen LogP contribution is -2.40. The molecule has 28 heavy (non-hydrogen) atoms. The number of hydrogen-bond donors (Lipinski definition) is 0. The number of halogens is 2. The second kappa shape index (κ2) is 7.06. The van der Waals surface area contributed by atoms with E-state index in [9.17, 15) is 22.0 Å². The van der Waals surface area contributed by atoms with Gasteiger partial charge in [-0.2, -0.15) is 4.31 Å². The highest BCUT2D eigenvalue weighted by Gasteiger charge is 2.31. The zero-order chi connectivity index (χ0) is 19.9. The maximum Gasteiger partial charge on any atom is 0.261 e. The van der Waals surface area contributed by atoms with Crippen molar-refractivity contribution >= 4 is 20.9 Å². The van der Waals surface area contributed by atoms with E-state index in [1.807, 2.05) is 0 Å². The Labute approximate surface area is 160 Å². The molecule has 3 aromatic rings. The summed E-state index contributed by atoms with van der Waals surface area (Å²) in [6, 6.07) is 9.09. The Hall–Kier alpha value is -2.65. The lowest BCUT2D eigenvalue weighted by Gasteiger charge is -2.32. The number of sulfonamides is 1. The molecule has 146 valence electrons. The van der Waals surface area contributed by atoms with Crippen molar-refractivity contribution in [3.8, 4) is 0 Å². The highest BCUT2D eigenvalue weighted by atomic mass is 32.2. The van der Waals surface area contributed by atoms with Gasteiger partial charge in [0.05, 0.1) is 22.1 Å². The molecule has 1 aliphatic rings. The first-order valence-electron chi connectivity index (χ1n) is 8.78. The zero-order valence-corrected chi connectivity index (χ0v) is 15.6. The van der Waals surface area contributed by atoms with Crippen LogP contribution in [0.2, 0.25) is 0 Å². The second-order valence-corrected chi connectivity index (χ2v) is 8.65. The van der Waals surface area contributed by atoms with E-state index in [2.05, 4.69) is 4.98 Å². The third-order valence-electron chi connectivity index (χ3n) is 4.98. The van der Waals surface area contributed by atoms with E-state index in [-0.39, 0.29) is 24.7 Å². The Bertz CT molecular complexity index is 1180. The SMILES string of the molecule is O=c1c2ccccc2ncn1C1CCN(S(=O)(=O)c2cc(F)cc(F)c2)CC1. The molecule has 2 aromatic carbocycles. The van der Waals surface area contributed by atoms with Gasteiger partial charge in [0.2, 0.25) is 10.0 Å². The predicted molar refractivity (Wildman–Crippen MR) is 99.4 cm³/mol. The normalized spacial score (nSPS) is 16.5. The van der Waals surface area contributed by atoms with E-state index in [4.69, 9.17) is 0 Å². The van der Waals surface area contributed by atoms with Crippen LogP contribution in [0.3, 0.4) is 0 Å². The van der Waals surface area contributed by atoms with Gasteiger partial charge in [-0.3, -0.25) is 9.36 Å². The molecular weight excluding hydrogens is 388 g/mol. The number of aromatic nitrogens is 2. The molecule has 0 saturated carbocycles. The Balaban J connectivity index is 1.56. The van der Waals surface area contributed by atoms with E-state index in [0.29, 0.717) is 29.8 Å². The fourth-order valence-electron chi connectivity index (χ4n) is 3.53. The number of piperidine rings is 1. The molecule has 1 aliphatic heterocycles. The third-order valence-corrected chi connectivity index (χ3v) is 6.86. The number of rotatable bonds is 3. The van der Waals surface area contributed by atoms with Crippen LogP contribution in [0.15, 0.2) is 58.5 Å². The van der Waals surface area contributed by atoms with Gasteiger partial charge in [-0.15, -0.1) is 0 Å². The van der Waals surface area contributed by atoms with Gasteiger partial charge < -0.3 is 0 Å². The first-order valence-corrected chi connectivity index (χ1v) is 10.2. The number of hydrogen-bond acceptors (Lipinski definition) is 4. The summed E-state index contributed by atoms with van der Waals surface area (Å²) in [6.45, 7) is 0.287. The van der Waals surface area contributed by atoms with Crippen LogP contribution in [-0.2, 0) is 10.0 Å². The summed E-state index contributed by atoms with van der Waals surface area (Å²) in [6.07, 6.45) is 2.29. The molecule has 1 saturated heterocycles. The maximum atomic E-state index is 13.4. The average Bonchev–Trinajstić information content (AvgIpc) is 2.68. The molecule has 0 bridgehead atoms. The second-order valence-electron chi connectivity index (χ2n) is 6.71. The van der Waals surface area contributed by atoms with Crippen LogP contribution in [0.5, 0.6) is 0 Å². The monoisotopic (exact) mass is 405 g/mol. The van der Waals surface area contributed by atoms with E-state index in [1.165, 1.54) is 15.2 Å². The molecule has 0 aliphatic carbocycles. The highest BCUT2D eigenvalue weighted by molar-refractivity contribution is 7.89. The molecule has 9 heteroatoms. The van der Waals surface area contributed by atoms with Gasteiger partial charge in [0.15, 0.2) is 0 Å². The van der Waals surface area contributed by atoms with E-state index in [0.717, 1.165) is 12.1 Å². The summed E-state index contributed by atoms with van der Waals surface area (Å²) >= 11 is 0. The maximum absolute atomic E-state index is 13.4. The Kier molecular flexibility index (Phi) is 4.72. The number of fused-ring (bicyclic) bond motifs is 1. The first kappa shape index (κ1) is 18.7. The summed E-state index contributed by atoms with van der Waals surface area (Å²) in [5.41, 5.74) is 0.441. The molecule has 0 atom stereocenters. The quantitative estimate of drug-likeness (QED) is 0.672. The van der Waals surface area contributed by atoms with Gasteiger partial charge in [0.25, 0.3) is 5.56 Å². The Morgan fingerprint density at radius 3 is 2.32 bits per heavy atom. The van der Waals surface area contributed by atoms with Crippen molar-refractivity contribution in [2.75, 3.05) is 13.1 Å². The molecule has 4 rings (SSSR count). The van der Waals surface area contributed by atoms with Crippen LogP contribution in [0, 0.1) is 11.6 Å². The number of nitrogens with zero attached hydrogens (tertiary/aromatic N) is 3.